The third-order valence-corrected chi connectivity index (χ3v) is 10.7. The molecule has 0 radical (unpaired) electrons. The van der Waals surface area contributed by atoms with Gasteiger partial charge in [-0.25, -0.2) is 4.99 Å². The third-order valence-electron chi connectivity index (χ3n) is 10.7. The van der Waals surface area contributed by atoms with Crippen LogP contribution in [0.15, 0.2) is 133 Å². The molecule has 0 saturated heterocycles. The van der Waals surface area contributed by atoms with Crippen LogP contribution < -0.4 is 0 Å². The van der Waals surface area contributed by atoms with Gasteiger partial charge in [0.15, 0.2) is 0 Å². The number of fused-ring (bicyclic) bond motifs is 6. The van der Waals surface area contributed by atoms with Crippen molar-refractivity contribution >= 4 is 27.7 Å². The summed E-state index contributed by atoms with van der Waals surface area (Å²) in [6, 6.07) is 44.2. The molecule has 4 nitrogen and oxygen atoms in total. The number of benzene rings is 5. The molecule has 0 saturated carbocycles. The minimum absolute atomic E-state index is 0.0139. The van der Waals surface area contributed by atoms with Crippen LogP contribution in [-0.4, -0.2) is 21.6 Å². The molecule has 0 amide bonds. The molecule has 1 aliphatic carbocycles. The van der Waals surface area contributed by atoms with Gasteiger partial charge >= 0.3 is 0 Å². The highest BCUT2D eigenvalue weighted by atomic mass is 16.5. The van der Waals surface area contributed by atoms with Gasteiger partial charge in [0.25, 0.3) is 0 Å². The van der Waals surface area contributed by atoms with E-state index in [1.165, 1.54) is 33.0 Å². The lowest BCUT2D eigenvalue weighted by Gasteiger charge is -2.20. The molecule has 7 aromatic rings. The van der Waals surface area contributed by atoms with Crippen molar-refractivity contribution in [3.05, 3.63) is 155 Å². The summed E-state index contributed by atoms with van der Waals surface area (Å²) in [6.07, 6.45) is 2.83. The summed E-state index contributed by atoms with van der Waals surface area (Å²) >= 11 is 0. The van der Waals surface area contributed by atoms with Gasteiger partial charge in [0.05, 0.1) is 16.7 Å². The monoisotopic (exact) mass is 665 g/mol. The molecule has 2 aromatic heterocycles. The van der Waals surface area contributed by atoms with Crippen LogP contribution in [0.4, 0.5) is 0 Å². The lowest BCUT2D eigenvalue weighted by atomic mass is 9.85. The quantitative estimate of drug-likeness (QED) is 0.188. The fraction of sp³-hybridized carbons (Fsp3) is 0.234. The number of aliphatic imine (C=N–C) groups is 1. The zero-order valence-corrected chi connectivity index (χ0v) is 30.2. The second-order valence-electron chi connectivity index (χ2n) is 16.3. The van der Waals surface area contributed by atoms with E-state index < -0.39 is 0 Å². The summed E-state index contributed by atoms with van der Waals surface area (Å²) in [5.74, 6) is 0.722. The predicted octanol–water partition coefficient (Wildman–Crippen LogP) is 11.6. The minimum atomic E-state index is 0.0139. The zero-order chi connectivity index (χ0) is 35.1. The smallest absolute Gasteiger partial charge is 0.217 e. The van der Waals surface area contributed by atoms with Crippen molar-refractivity contribution in [2.24, 2.45) is 4.99 Å². The topological polar surface area (TPSA) is 39.4 Å². The molecule has 2 aliphatic rings. The molecule has 1 aliphatic heterocycles. The normalized spacial score (nSPS) is 17.0. The molecular formula is C47H43N3O. The van der Waals surface area contributed by atoms with E-state index in [9.17, 15) is 0 Å². The SMILES string of the molecule is CC(C)(C)c1ccnc(-c2ccc3c4ccccc4n(-c4cc(C5=N[C@@H]6c7ccc(C(C)(C)C)cc7C[C@@H]6O5)cc(-c5ccccc5)c4)c3c2)c1. The van der Waals surface area contributed by atoms with E-state index in [4.69, 9.17) is 14.7 Å². The van der Waals surface area contributed by atoms with Crippen molar-refractivity contribution in [2.45, 2.75) is 70.9 Å². The van der Waals surface area contributed by atoms with E-state index in [1.54, 1.807) is 0 Å². The molecule has 0 bridgehead atoms. The molecule has 0 unspecified atom stereocenters. The molecule has 4 heteroatoms. The van der Waals surface area contributed by atoms with Crippen LogP contribution in [0.3, 0.4) is 0 Å². The second-order valence-corrected chi connectivity index (χ2v) is 16.3. The highest BCUT2D eigenvalue weighted by Gasteiger charge is 2.40. The van der Waals surface area contributed by atoms with Crippen molar-refractivity contribution in [1.82, 2.24) is 9.55 Å². The van der Waals surface area contributed by atoms with E-state index in [0.29, 0.717) is 0 Å². The van der Waals surface area contributed by atoms with Gasteiger partial charge in [-0.2, -0.15) is 0 Å². The van der Waals surface area contributed by atoms with Gasteiger partial charge in [0.2, 0.25) is 5.90 Å². The van der Waals surface area contributed by atoms with E-state index in [0.717, 1.165) is 57.0 Å². The molecule has 0 fully saturated rings. The molecule has 3 heterocycles. The number of aromatic nitrogens is 2. The maximum Gasteiger partial charge on any atom is 0.217 e. The molecule has 5 aromatic carbocycles. The second kappa shape index (κ2) is 11.5. The van der Waals surface area contributed by atoms with Crippen LogP contribution in [0.5, 0.6) is 0 Å². The Labute approximate surface area is 300 Å². The van der Waals surface area contributed by atoms with E-state index >= 15 is 0 Å². The Morgan fingerprint density at radius 1 is 0.608 bits per heavy atom. The van der Waals surface area contributed by atoms with Crippen molar-refractivity contribution in [1.29, 1.82) is 0 Å². The molecule has 252 valence electrons. The van der Waals surface area contributed by atoms with Crippen molar-refractivity contribution < 1.29 is 4.74 Å². The average Bonchev–Trinajstić information content (AvgIpc) is 3.80. The maximum absolute atomic E-state index is 6.77. The number of hydrogen-bond acceptors (Lipinski definition) is 3. The summed E-state index contributed by atoms with van der Waals surface area (Å²) in [7, 11) is 0. The standard InChI is InChI=1S/C47H43N3O/c1-46(2,3)34-17-19-37-32(23-34)27-43-44(37)49-45(51-43)33-22-31(29-12-8-7-9-13-29)24-36(25-33)50-41-15-11-10-14-38(41)39-18-16-30(26-42(39)50)40-28-35(20-21-48-40)47(4,5)6/h7-26,28,43-44H,27H2,1-6H3/t43-,44+/m0/s1. The van der Waals surface area contributed by atoms with Crippen molar-refractivity contribution in [2.75, 3.05) is 0 Å². The molecule has 0 spiro atoms. The number of para-hydroxylation sites is 1. The van der Waals surface area contributed by atoms with Crippen LogP contribution in [0.1, 0.15) is 75.4 Å². The lowest BCUT2D eigenvalue weighted by molar-refractivity contribution is 0.206. The Morgan fingerprint density at radius 2 is 1.33 bits per heavy atom. The van der Waals surface area contributed by atoms with Crippen LogP contribution in [0.2, 0.25) is 0 Å². The van der Waals surface area contributed by atoms with Gasteiger partial charge < -0.3 is 9.30 Å². The number of ether oxygens (including phenoxy) is 1. The first kappa shape index (κ1) is 31.5. The number of pyridine rings is 1. The fourth-order valence-corrected chi connectivity index (χ4v) is 7.89. The van der Waals surface area contributed by atoms with Crippen LogP contribution in [-0.2, 0) is 22.0 Å². The summed E-state index contributed by atoms with van der Waals surface area (Å²) < 4.78 is 9.17. The molecule has 51 heavy (non-hydrogen) atoms. The van der Waals surface area contributed by atoms with Crippen molar-refractivity contribution in [3.8, 4) is 28.1 Å². The zero-order valence-electron chi connectivity index (χ0n) is 30.2. The highest BCUT2D eigenvalue weighted by Crippen LogP contribution is 2.43. The summed E-state index contributed by atoms with van der Waals surface area (Å²) in [5.41, 5.74) is 14.2. The Hall–Kier alpha value is -5.48. The first-order chi connectivity index (χ1) is 24.5. The molecular weight excluding hydrogens is 623 g/mol. The largest absolute Gasteiger partial charge is 0.471 e. The summed E-state index contributed by atoms with van der Waals surface area (Å²) in [4.78, 5) is 10.1. The van der Waals surface area contributed by atoms with E-state index in [-0.39, 0.29) is 23.0 Å². The van der Waals surface area contributed by atoms with Gasteiger partial charge in [0, 0.05) is 40.2 Å². The Morgan fingerprint density at radius 3 is 2.14 bits per heavy atom. The molecule has 0 N–H and O–H groups in total. The van der Waals surface area contributed by atoms with E-state index in [2.05, 4.69) is 167 Å². The number of hydrogen-bond donors (Lipinski definition) is 0. The fourth-order valence-electron chi connectivity index (χ4n) is 7.89. The van der Waals surface area contributed by atoms with Crippen molar-refractivity contribution in [3.63, 3.8) is 0 Å². The highest BCUT2D eigenvalue weighted by molar-refractivity contribution is 6.10. The molecule has 2 atom stereocenters. The van der Waals surface area contributed by atoms with Gasteiger partial charge in [-0.1, -0.05) is 120 Å². The first-order valence-corrected chi connectivity index (χ1v) is 18.1. The molecule has 9 rings (SSSR count). The number of nitrogens with zero attached hydrogens (tertiary/aromatic N) is 3. The number of rotatable bonds is 4. The summed E-state index contributed by atoms with van der Waals surface area (Å²) in [6.45, 7) is 13.6. The van der Waals surface area contributed by atoms with Crippen LogP contribution in [0.25, 0.3) is 49.9 Å². The van der Waals surface area contributed by atoms with E-state index in [1.807, 2.05) is 6.20 Å². The van der Waals surface area contributed by atoms with Gasteiger partial charge in [-0.05, 0) is 86.7 Å². The third kappa shape index (κ3) is 5.45. The maximum atomic E-state index is 6.77. The van der Waals surface area contributed by atoms with Gasteiger partial charge in [0.1, 0.15) is 12.1 Å². The Balaban J connectivity index is 1.21. The van der Waals surface area contributed by atoms with Crippen LogP contribution in [0, 0.1) is 0 Å². The predicted molar refractivity (Wildman–Crippen MR) is 211 cm³/mol. The average molecular weight is 666 g/mol. The first-order valence-electron chi connectivity index (χ1n) is 18.1. The van der Waals surface area contributed by atoms with Gasteiger partial charge in [-0.15, -0.1) is 0 Å². The van der Waals surface area contributed by atoms with Gasteiger partial charge in [-0.3, -0.25) is 4.98 Å². The Kier molecular flexibility index (Phi) is 7.12. The lowest BCUT2D eigenvalue weighted by Crippen LogP contribution is -2.14. The minimum Gasteiger partial charge on any atom is -0.471 e. The Bertz CT molecular complexity index is 2510. The van der Waals surface area contributed by atoms with Crippen LogP contribution >= 0.6 is 0 Å². The summed E-state index contributed by atoms with van der Waals surface area (Å²) in [5, 5.41) is 2.43.